The molecule has 0 spiro atoms. The molecule has 0 aromatic heterocycles. The summed E-state index contributed by atoms with van der Waals surface area (Å²) in [6.07, 6.45) is 5.68. The van der Waals surface area contributed by atoms with Gasteiger partial charge >= 0.3 is 6.09 Å². The molecule has 2 fully saturated rings. The minimum atomic E-state index is -1.19. The number of amides is 2. The van der Waals surface area contributed by atoms with E-state index in [1.165, 1.54) is 24.2 Å². The smallest absolute Gasteiger partial charge is 0.407 e. The van der Waals surface area contributed by atoms with E-state index in [-0.39, 0.29) is 6.04 Å². The van der Waals surface area contributed by atoms with E-state index >= 15 is 0 Å². The van der Waals surface area contributed by atoms with Crippen molar-refractivity contribution < 1.29 is 19.8 Å². The van der Waals surface area contributed by atoms with Gasteiger partial charge in [0.1, 0.15) is 6.10 Å². The fraction of sp³-hybridized carbons (Fsp3) is 0.875. The van der Waals surface area contributed by atoms with E-state index in [4.69, 9.17) is 10.8 Å². The van der Waals surface area contributed by atoms with Crippen molar-refractivity contribution in [1.82, 2.24) is 10.2 Å². The van der Waals surface area contributed by atoms with Gasteiger partial charge in [-0.05, 0) is 25.2 Å². The normalized spacial score (nSPS) is 23.3. The highest BCUT2D eigenvalue weighted by Crippen LogP contribution is 2.27. The van der Waals surface area contributed by atoms with Crippen LogP contribution in [0.15, 0.2) is 0 Å². The lowest BCUT2D eigenvalue weighted by molar-refractivity contribution is -0.131. The van der Waals surface area contributed by atoms with E-state index in [0.29, 0.717) is 38.3 Å². The van der Waals surface area contributed by atoms with Gasteiger partial charge in [0.05, 0.1) is 0 Å². The molecule has 1 saturated carbocycles. The second-order valence-corrected chi connectivity index (χ2v) is 6.90. The molecule has 1 heterocycles. The second-order valence-electron chi connectivity index (χ2n) is 6.90. The maximum absolute atomic E-state index is 12.1. The van der Waals surface area contributed by atoms with Crippen LogP contribution >= 0.6 is 0 Å². The Balaban J connectivity index is 1.72. The summed E-state index contributed by atoms with van der Waals surface area (Å²) in [6, 6.07) is -0.619. The molecule has 2 unspecified atom stereocenters. The molecule has 1 aliphatic carbocycles. The van der Waals surface area contributed by atoms with E-state index in [1.807, 2.05) is 0 Å². The molecule has 1 aliphatic heterocycles. The van der Waals surface area contributed by atoms with E-state index in [9.17, 15) is 14.7 Å². The zero-order valence-electron chi connectivity index (χ0n) is 13.6. The topological polar surface area (TPSA) is 116 Å². The fourth-order valence-electron chi connectivity index (χ4n) is 3.63. The van der Waals surface area contributed by atoms with Gasteiger partial charge in [-0.1, -0.05) is 32.1 Å². The molecule has 0 radical (unpaired) electrons. The van der Waals surface area contributed by atoms with Crippen molar-refractivity contribution in [2.24, 2.45) is 11.7 Å². The van der Waals surface area contributed by atoms with Gasteiger partial charge < -0.3 is 26.2 Å². The van der Waals surface area contributed by atoms with Gasteiger partial charge in [0, 0.05) is 25.2 Å². The predicted octanol–water partition coefficient (Wildman–Crippen LogP) is 0.904. The number of carbonyl (C=O) groups excluding carboxylic acids is 1. The fourth-order valence-corrected chi connectivity index (χ4v) is 3.63. The molecule has 132 valence electrons. The number of carbonyl (C=O) groups is 2. The number of aliphatic hydroxyl groups excluding tert-OH is 1. The van der Waals surface area contributed by atoms with Crippen LogP contribution in [0.3, 0.4) is 0 Å². The first-order valence-electron chi connectivity index (χ1n) is 8.69. The second kappa shape index (κ2) is 8.49. The summed E-state index contributed by atoms with van der Waals surface area (Å²) in [4.78, 5) is 24.3. The molecular formula is C16H29N3O4. The molecule has 7 nitrogen and oxygen atoms in total. The van der Waals surface area contributed by atoms with Crippen molar-refractivity contribution in [2.75, 3.05) is 13.1 Å². The van der Waals surface area contributed by atoms with E-state index in [0.717, 1.165) is 12.8 Å². The Hall–Kier alpha value is -1.34. The predicted molar refractivity (Wildman–Crippen MR) is 85.9 cm³/mol. The molecule has 0 aromatic rings. The quantitative estimate of drug-likeness (QED) is 0.599. The molecule has 0 bridgehead atoms. The number of piperidine rings is 1. The van der Waals surface area contributed by atoms with Crippen molar-refractivity contribution in [1.29, 1.82) is 0 Å². The maximum Gasteiger partial charge on any atom is 0.407 e. The average molecular weight is 327 g/mol. The minimum absolute atomic E-state index is 0.0883. The summed E-state index contributed by atoms with van der Waals surface area (Å²) < 4.78 is 0. The van der Waals surface area contributed by atoms with Crippen LogP contribution < -0.4 is 11.1 Å². The van der Waals surface area contributed by atoms with Crippen LogP contribution in [0.1, 0.15) is 51.4 Å². The Kier molecular flexibility index (Phi) is 6.65. The highest BCUT2D eigenvalue weighted by Gasteiger charge is 2.29. The number of aliphatic hydroxyl groups is 1. The first-order valence-corrected chi connectivity index (χ1v) is 8.69. The third kappa shape index (κ3) is 5.35. The number of hydrogen-bond acceptors (Lipinski definition) is 4. The molecule has 1 saturated heterocycles. The van der Waals surface area contributed by atoms with Gasteiger partial charge in [-0.3, -0.25) is 4.79 Å². The number of nitrogens with zero attached hydrogens (tertiary/aromatic N) is 1. The Morgan fingerprint density at radius 2 is 1.74 bits per heavy atom. The molecular weight excluding hydrogens is 298 g/mol. The highest BCUT2D eigenvalue weighted by atomic mass is 16.4. The van der Waals surface area contributed by atoms with Gasteiger partial charge in [0.15, 0.2) is 0 Å². The third-order valence-electron chi connectivity index (χ3n) is 5.12. The van der Waals surface area contributed by atoms with Gasteiger partial charge in [-0.15, -0.1) is 0 Å². The van der Waals surface area contributed by atoms with Crippen molar-refractivity contribution in [3.8, 4) is 0 Å². The summed E-state index contributed by atoms with van der Waals surface area (Å²) in [7, 11) is 0. The lowest BCUT2D eigenvalue weighted by Gasteiger charge is -2.32. The number of carboxylic acid groups (broad SMARTS) is 1. The van der Waals surface area contributed by atoms with Crippen LogP contribution in [-0.2, 0) is 4.79 Å². The first kappa shape index (κ1) is 18.0. The Morgan fingerprint density at radius 1 is 1.13 bits per heavy atom. The monoisotopic (exact) mass is 327 g/mol. The summed E-state index contributed by atoms with van der Waals surface area (Å²) in [5.41, 5.74) is 6.02. The molecule has 5 N–H and O–H groups in total. The molecule has 2 aliphatic rings. The van der Waals surface area contributed by atoms with E-state index < -0.39 is 24.1 Å². The van der Waals surface area contributed by atoms with Crippen LogP contribution in [0.5, 0.6) is 0 Å². The molecule has 2 atom stereocenters. The van der Waals surface area contributed by atoms with Crippen LogP contribution in [0.25, 0.3) is 0 Å². The average Bonchev–Trinajstić information content (AvgIpc) is 2.55. The lowest BCUT2D eigenvalue weighted by atomic mass is 9.84. The lowest BCUT2D eigenvalue weighted by Crippen LogP contribution is -2.52. The number of nitrogens with two attached hydrogens (primary N) is 1. The minimum Gasteiger partial charge on any atom is -0.465 e. The Morgan fingerprint density at radius 3 is 2.30 bits per heavy atom. The van der Waals surface area contributed by atoms with Gasteiger partial charge in [-0.25, -0.2) is 4.79 Å². The molecule has 0 aromatic carbocycles. The summed E-state index contributed by atoms with van der Waals surface area (Å²) >= 11 is 0. The SMILES string of the molecule is NC(CC1CCCCC1)C(O)C(=O)NC1CCN(C(=O)O)CC1. The van der Waals surface area contributed by atoms with Crippen LogP contribution in [0.4, 0.5) is 4.79 Å². The van der Waals surface area contributed by atoms with Crippen LogP contribution in [0.2, 0.25) is 0 Å². The zero-order valence-corrected chi connectivity index (χ0v) is 13.6. The number of hydrogen-bond donors (Lipinski definition) is 4. The van der Waals surface area contributed by atoms with Crippen molar-refractivity contribution in [3.63, 3.8) is 0 Å². The van der Waals surface area contributed by atoms with E-state index in [2.05, 4.69) is 5.32 Å². The molecule has 2 amide bonds. The molecule has 23 heavy (non-hydrogen) atoms. The van der Waals surface area contributed by atoms with Gasteiger partial charge in [0.2, 0.25) is 0 Å². The van der Waals surface area contributed by atoms with Gasteiger partial charge in [-0.2, -0.15) is 0 Å². The number of likely N-dealkylation sites (tertiary alicyclic amines) is 1. The number of nitrogens with one attached hydrogen (secondary N) is 1. The standard InChI is InChI=1S/C16H29N3O4/c17-13(10-11-4-2-1-3-5-11)14(20)15(21)18-12-6-8-19(9-7-12)16(22)23/h11-14,20H,1-10,17H2,(H,18,21)(H,22,23). The zero-order chi connectivity index (χ0) is 16.8. The summed E-state index contributed by atoms with van der Waals surface area (Å²) in [5.74, 6) is 0.0853. The molecule has 7 heteroatoms. The third-order valence-corrected chi connectivity index (χ3v) is 5.12. The van der Waals surface area contributed by atoms with Crippen LogP contribution in [-0.4, -0.2) is 58.4 Å². The van der Waals surface area contributed by atoms with Gasteiger partial charge in [0.25, 0.3) is 5.91 Å². The summed E-state index contributed by atoms with van der Waals surface area (Å²) in [5, 5.41) is 21.9. The largest absolute Gasteiger partial charge is 0.465 e. The Bertz CT molecular complexity index is 404. The molecule has 2 rings (SSSR count). The Labute approximate surface area is 137 Å². The number of rotatable bonds is 5. The van der Waals surface area contributed by atoms with Crippen molar-refractivity contribution in [3.05, 3.63) is 0 Å². The van der Waals surface area contributed by atoms with Crippen molar-refractivity contribution >= 4 is 12.0 Å². The van der Waals surface area contributed by atoms with E-state index in [1.54, 1.807) is 0 Å². The summed E-state index contributed by atoms with van der Waals surface area (Å²) in [6.45, 7) is 0.814. The maximum atomic E-state index is 12.1. The highest BCUT2D eigenvalue weighted by molar-refractivity contribution is 5.81. The van der Waals surface area contributed by atoms with Crippen LogP contribution in [0, 0.1) is 5.92 Å². The van der Waals surface area contributed by atoms with Crippen molar-refractivity contribution in [2.45, 2.75) is 69.6 Å². The first-order chi connectivity index (χ1) is 11.0.